The summed E-state index contributed by atoms with van der Waals surface area (Å²) in [5.41, 5.74) is 0. The summed E-state index contributed by atoms with van der Waals surface area (Å²) in [6, 6.07) is 1.60. The van der Waals surface area contributed by atoms with E-state index in [0.29, 0.717) is 28.0 Å². The molecule has 31 heavy (non-hydrogen) atoms. The van der Waals surface area contributed by atoms with Crippen molar-refractivity contribution in [3.05, 3.63) is 17.3 Å². The molecular weight excluding hydrogens is 445 g/mol. The van der Waals surface area contributed by atoms with Crippen molar-refractivity contribution in [2.75, 3.05) is 31.1 Å². The lowest BCUT2D eigenvalue weighted by atomic mass is 9.88. The number of aromatic nitrogens is 2. The van der Waals surface area contributed by atoms with Gasteiger partial charge in [-0.2, -0.15) is 26.7 Å². The molecule has 1 saturated carbocycles. The topological polar surface area (TPSA) is 49.3 Å². The fourth-order valence-electron chi connectivity index (χ4n) is 5.40. The number of nitrogens with zero attached hydrogens (tertiary/aromatic N) is 4. The Bertz CT molecular complexity index is 944. The highest BCUT2D eigenvalue weighted by Gasteiger charge is 2.40. The summed E-state index contributed by atoms with van der Waals surface area (Å²) in [6.45, 7) is 3.23. The Labute approximate surface area is 190 Å². The summed E-state index contributed by atoms with van der Waals surface area (Å²) in [5, 5.41) is 0.708. The van der Waals surface area contributed by atoms with Crippen LogP contribution in [0.1, 0.15) is 37.0 Å². The highest BCUT2D eigenvalue weighted by Crippen LogP contribution is 2.39. The lowest BCUT2D eigenvalue weighted by molar-refractivity contribution is -0.137. The maximum absolute atomic E-state index is 12.8. The number of anilines is 1. The summed E-state index contributed by atoms with van der Waals surface area (Å²) in [6.07, 6.45) is 1.62. The molecule has 0 aromatic carbocycles. The van der Waals surface area contributed by atoms with E-state index in [2.05, 4.69) is 19.8 Å². The van der Waals surface area contributed by atoms with Crippen molar-refractivity contribution < 1.29 is 18.0 Å². The van der Waals surface area contributed by atoms with Gasteiger partial charge in [0.15, 0.2) is 0 Å². The first kappa shape index (κ1) is 22.6. The van der Waals surface area contributed by atoms with Crippen LogP contribution in [0, 0.1) is 17.8 Å². The summed E-state index contributed by atoms with van der Waals surface area (Å²) in [4.78, 5) is 26.6. The molecule has 1 amide bonds. The Kier molecular flexibility index (Phi) is 6.40. The number of likely N-dealkylation sites (tertiary alicyclic amines) is 1. The summed E-state index contributed by atoms with van der Waals surface area (Å²) >= 11 is 1.09. The van der Waals surface area contributed by atoms with Crippen LogP contribution >= 0.6 is 24.8 Å². The molecule has 1 aliphatic carbocycles. The Morgan fingerprint density at radius 3 is 2.58 bits per heavy atom. The second-order valence-electron chi connectivity index (χ2n) is 8.90. The first-order chi connectivity index (χ1) is 14.4. The van der Waals surface area contributed by atoms with E-state index in [-0.39, 0.29) is 24.3 Å². The van der Waals surface area contributed by atoms with Gasteiger partial charge in [0.05, 0.1) is 11.8 Å². The number of halogens is 3. The van der Waals surface area contributed by atoms with E-state index in [9.17, 15) is 18.0 Å². The third-order valence-corrected chi connectivity index (χ3v) is 7.89. The molecule has 3 fully saturated rings. The number of hydrogen-bond donors (Lipinski definition) is 0. The van der Waals surface area contributed by atoms with Gasteiger partial charge in [-0.25, -0.2) is 9.97 Å². The van der Waals surface area contributed by atoms with Gasteiger partial charge >= 0.3 is 6.18 Å². The number of carbonyl (C=O) groups is 1. The Morgan fingerprint density at radius 1 is 1.10 bits per heavy atom. The molecule has 2 saturated heterocycles. The third-order valence-electron chi connectivity index (χ3n) is 6.85. The Morgan fingerprint density at radius 2 is 1.84 bits per heavy atom. The number of piperidine rings is 1. The maximum atomic E-state index is 12.8. The van der Waals surface area contributed by atoms with Crippen molar-refractivity contribution in [2.45, 2.75) is 44.7 Å². The van der Waals surface area contributed by atoms with E-state index in [4.69, 9.17) is 0 Å². The third kappa shape index (κ3) is 4.65. The summed E-state index contributed by atoms with van der Waals surface area (Å²) in [7, 11) is 0. The van der Waals surface area contributed by atoms with Crippen LogP contribution in [0.15, 0.2) is 12.4 Å². The van der Waals surface area contributed by atoms with Crippen molar-refractivity contribution in [3.8, 4) is 0 Å². The molecule has 0 radical (unpaired) electrons. The van der Waals surface area contributed by atoms with E-state index >= 15 is 0 Å². The second-order valence-corrected chi connectivity index (χ2v) is 10.0. The minimum atomic E-state index is -4.23. The van der Waals surface area contributed by atoms with Gasteiger partial charge in [-0.3, -0.25) is 4.79 Å². The zero-order valence-electron chi connectivity index (χ0n) is 17.2. The highest BCUT2D eigenvalue weighted by molar-refractivity contribution is 7.59. The molecule has 2 aromatic rings. The van der Waals surface area contributed by atoms with Crippen molar-refractivity contribution in [2.24, 2.45) is 17.8 Å². The van der Waals surface area contributed by atoms with Gasteiger partial charge in [0, 0.05) is 37.0 Å². The normalized spacial score (nSPS) is 24.5. The van der Waals surface area contributed by atoms with Gasteiger partial charge < -0.3 is 9.80 Å². The van der Waals surface area contributed by atoms with E-state index in [1.807, 2.05) is 0 Å². The van der Waals surface area contributed by atoms with Crippen molar-refractivity contribution in [1.29, 1.82) is 0 Å². The zero-order chi connectivity index (χ0) is 20.9. The van der Waals surface area contributed by atoms with Gasteiger partial charge in [0.25, 0.3) is 0 Å². The molecule has 10 heteroatoms. The van der Waals surface area contributed by atoms with Crippen LogP contribution in [-0.2, 0) is 11.2 Å². The van der Waals surface area contributed by atoms with Crippen molar-refractivity contribution in [1.82, 2.24) is 14.9 Å². The minimum Gasteiger partial charge on any atom is -0.355 e. The SMILES string of the molecule is O=C(C1CCCC1)N1CC[C@H]2CN(c3ncnc4sc(CC(F)(F)F)cc34)C[C@H]2C1.S. The first-order valence-electron chi connectivity index (χ1n) is 10.7. The average molecular weight is 473 g/mol. The van der Waals surface area contributed by atoms with Crippen LogP contribution in [0.5, 0.6) is 0 Å². The molecule has 5 rings (SSSR count). The van der Waals surface area contributed by atoms with Gasteiger partial charge in [-0.1, -0.05) is 12.8 Å². The molecule has 0 bridgehead atoms. The smallest absolute Gasteiger partial charge is 0.355 e. The van der Waals surface area contributed by atoms with Gasteiger partial charge in [0.1, 0.15) is 17.0 Å². The lowest BCUT2D eigenvalue weighted by Gasteiger charge is -2.35. The Hall–Kier alpha value is -1.55. The molecule has 0 unspecified atom stereocenters. The Balaban J connectivity index is 0.00000231. The van der Waals surface area contributed by atoms with E-state index in [1.165, 1.54) is 6.33 Å². The maximum Gasteiger partial charge on any atom is 0.393 e. The number of carbonyl (C=O) groups excluding carboxylic acids is 1. The molecule has 3 aliphatic rings. The zero-order valence-corrected chi connectivity index (χ0v) is 19.0. The predicted molar refractivity (Wildman–Crippen MR) is 120 cm³/mol. The van der Waals surface area contributed by atoms with E-state index < -0.39 is 12.6 Å². The van der Waals surface area contributed by atoms with Crippen LogP contribution in [-0.4, -0.2) is 53.1 Å². The van der Waals surface area contributed by atoms with Crippen molar-refractivity contribution in [3.63, 3.8) is 0 Å². The predicted octanol–water partition coefficient (Wildman–Crippen LogP) is 4.38. The van der Waals surface area contributed by atoms with Gasteiger partial charge in [-0.15, -0.1) is 11.3 Å². The average Bonchev–Trinajstić information content (AvgIpc) is 3.43. The van der Waals surface area contributed by atoms with Crippen molar-refractivity contribution >= 4 is 46.8 Å². The number of fused-ring (bicyclic) bond motifs is 2. The lowest BCUT2D eigenvalue weighted by Crippen LogP contribution is -2.45. The fraction of sp³-hybridized carbons (Fsp3) is 0.667. The molecular formula is C21H27F3N4OS2. The molecule has 2 aromatic heterocycles. The van der Waals surface area contributed by atoms with Gasteiger partial charge in [-0.05, 0) is 37.2 Å². The highest BCUT2D eigenvalue weighted by atomic mass is 32.1. The largest absolute Gasteiger partial charge is 0.393 e. The molecule has 2 atom stereocenters. The van der Waals surface area contributed by atoms with Crippen LogP contribution in [0.2, 0.25) is 0 Å². The number of hydrogen-bond acceptors (Lipinski definition) is 5. The molecule has 5 nitrogen and oxygen atoms in total. The quantitative estimate of drug-likeness (QED) is 0.665. The van der Waals surface area contributed by atoms with Gasteiger partial charge in [0.2, 0.25) is 5.91 Å². The molecule has 2 aliphatic heterocycles. The fourth-order valence-corrected chi connectivity index (χ4v) is 6.42. The molecule has 4 heterocycles. The number of thiophene rings is 1. The number of alkyl halides is 3. The standard InChI is InChI=1S/C21H25F3N4OS.H2S/c22-21(23,24)8-16-7-17-18(25-12-26-19(17)30-16)28-9-14-5-6-27(10-15(14)11-28)20(29)13-3-1-2-4-13;/h7,12-15H,1-6,8-11H2;1H2/t14-,15+;/m0./s1. The minimum absolute atomic E-state index is 0. The molecule has 0 spiro atoms. The first-order valence-corrected chi connectivity index (χ1v) is 11.5. The second kappa shape index (κ2) is 8.77. The number of amides is 1. The molecule has 170 valence electrons. The van der Waals surface area contributed by atoms with E-state index in [1.54, 1.807) is 6.07 Å². The summed E-state index contributed by atoms with van der Waals surface area (Å²) < 4.78 is 38.4. The van der Waals surface area contributed by atoms with E-state index in [0.717, 1.165) is 75.4 Å². The van der Waals surface area contributed by atoms with Crippen LogP contribution < -0.4 is 4.90 Å². The van der Waals surface area contributed by atoms with Crippen LogP contribution in [0.4, 0.5) is 19.0 Å². The number of rotatable bonds is 3. The summed E-state index contributed by atoms with van der Waals surface area (Å²) in [5.74, 6) is 2.15. The van der Waals surface area contributed by atoms with Crippen LogP contribution in [0.25, 0.3) is 10.2 Å². The monoisotopic (exact) mass is 472 g/mol. The van der Waals surface area contributed by atoms with Crippen LogP contribution in [0.3, 0.4) is 0 Å². The molecule has 0 N–H and O–H groups in total.